The van der Waals surface area contributed by atoms with Gasteiger partial charge in [0.15, 0.2) is 0 Å². The second-order valence-corrected chi connectivity index (χ2v) is 5.82. The van der Waals surface area contributed by atoms with Crippen LogP contribution in [0.4, 0.5) is 5.69 Å². The van der Waals surface area contributed by atoms with Gasteiger partial charge in [-0.3, -0.25) is 13.9 Å². The van der Waals surface area contributed by atoms with Crippen LogP contribution in [0.15, 0.2) is 24.1 Å². The second-order valence-electron chi connectivity index (χ2n) is 4.93. The first-order valence-corrected chi connectivity index (χ1v) is 7.18. The molecule has 0 radical (unpaired) electrons. The van der Waals surface area contributed by atoms with Crippen molar-refractivity contribution in [2.75, 3.05) is 5.32 Å². The number of imidazole rings is 1. The first-order chi connectivity index (χ1) is 9.56. The predicted octanol–water partition coefficient (Wildman–Crippen LogP) is 2.51. The van der Waals surface area contributed by atoms with Gasteiger partial charge in [-0.05, 0) is 5.92 Å². The molecular formula is C13H15N5OS. The van der Waals surface area contributed by atoms with Crippen molar-refractivity contribution < 1.29 is 4.79 Å². The molecule has 104 valence electrons. The number of carbonyl (C=O) groups excluding carboxylic acids is 1. The van der Waals surface area contributed by atoms with Crippen LogP contribution in [-0.4, -0.2) is 25.1 Å². The molecule has 3 aromatic heterocycles. The van der Waals surface area contributed by atoms with Crippen LogP contribution in [0.25, 0.3) is 4.83 Å². The summed E-state index contributed by atoms with van der Waals surface area (Å²) in [7, 11) is 1.85. The van der Waals surface area contributed by atoms with Crippen LogP contribution in [0.5, 0.6) is 0 Å². The molecule has 3 rings (SSSR count). The number of fused-ring (bicyclic) bond motifs is 1. The van der Waals surface area contributed by atoms with E-state index in [-0.39, 0.29) is 11.8 Å². The monoisotopic (exact) mass is 289 g/mol. The third-order valence-electron chi connectivity index (χ3n) is 3.04. The summed E-state index contributed by atoms with van der Waals surface area (Å²) in [4.78, 5) is 17.4. The first-order valence-electron chi connectivity index (χ1n) is 6.30. The minimum Gasteiger partial charge on any atom is -0.318 e. The van der Waals surface area contributed by atoms with Crippen molar-refractivity contribution in [1.29, 1.82) is 0 Å². The molecule has 1 N–H and O–H groups in total. The van der Waals surface area contributed by atoms with E-state index in [4.69, 9.17) is 0 Å². The third kappa shape index (κ3) is 2.09. The van der Waals surface area contributed by atoms with Crippen LogP contribution in [0.3, 0.4) is 0 Å². The molecule has 0 aliphatic heterocycles. The minimum atomic E-state index is -0.149. The summed E-state index contributed by atoms with van der Waals surface area (Å²) in [5.41, 5.74) is 2.23. The number of thiazole rings is 1. The fourth-order valence-electron chi connectivity index (χ4n) is 2.10. The number of hydrogen-bond acceptors (Lipinski definition) is 4. The van der Waals surface area contributed by atoms with E-state index in [2.05, 4.69) is 29.2 Å². The number of amides is 1. The van der Waals surface area contributed by atoms with E-state index in [1.54, 1.807) is 21.6 Å². The van der Waals surface area contributed by atoms with E-state index >= 15 is 0 Å². The van der Waals surface area contributed by atoms with Crippen LogP contribution in [0.1, 0.15) is 35.9 Å². The summed E-state index contributed by atoms with van der Waals surface area (Å²) >= 11 is 1.49. The van der Waals surface area contributed by atoms with E-state index in [9.17, 15) is 4.79 Å². The molecule has 0 bridgehead atoms. The van der Waals surface area contributed by atoms with Gasteiger partial charge in [-0.15, -0.1) is 11.3 Å². The molecule has 0 spiro atoms. The predicted molar refractivity (Wildman–Crippen MR) is 78.3 cm³/mol. The lowest BCUT2D eigenvalue weighted by Gasteiger charge is -2.06. The molecule has 1 amide bonds. The lowest BCUT2D eigenvalue weighted by atomic mass is 10.1. The molecular weight excluding hydrogens is 274 g/mol. The average Bonchev–Trinajstić information content (AvgIpc) is 3.02. The quantitative estimate of drug-likeness (QED) is 0.805. The summed E-state index contributed by atoms with van der Waals surface area (Å²) < 4.78 is 3.50. The molecule has 0 fully saturated rings. The number of carbonyl (C=O) groups is 1. The molecule has 3 aromatic rings. The Morgan fingerprint density at radius 1 is 1.45 bits per heavy atom. The van der Waals surface area contributed by atoms with Gasteiger partial charge in [0.25, 0.3) is 5.91 Å². The highest BCUT2D eigenvalue weighted by molar-refractivity contribution is 7.15. The lowest BCUT2D eigenvalue weighted by Crippen LogP contribution is -2.14. The number of rotatable bonds is 3. The van der Waals surface area contributed by atoms with Gasteiger partial charge >= 0.3 is 0 Å². The van der Waals surface area contributed by atoms with E-state index < -0.39 is 0 Å². The Morgan fingerprint density at radius 3 is 3.00 bits per heavy atom. The molecule has 20 heavy (non-hydrogen) atoms. The highest BCUT2D eigenvalue weighted by atomic mass is 32.1. The molecule has 0 atom stereocenters. The Bertz CT molecular complexity index is 767. The van der Waals surface area contributed by atoms with Crippen molar-refractivity contribution in [3.05, 3.63) is 35.5 Å². The normalized spacial score (nSPS) is 11.4. The Kier molecular flexibility index (Phi) is 3.06. The van der Waals surface area contributed by atoms with Crippen LogP contribution < -0.4 is 5.32 Å². The smallest absolute Gasteiger partial charge is 0.273 e. The Hall–Kier alpha value is -2.15. The highest BCUT2D eigenvalue weighted by Crippen LogP contribution is 2.23. The molecule has 0 aliphatic carbocycles. The number of aryl methyl sites for hydroxylation is 1. The Labute approximate surface area is 120 Å². The zero-order chi connectivity index (χ0) is 14.3. The van der Waals surface area contributed by atoms with Crippen LogP contribution in [0.2, 0.25) is 0 Å². The molecule has 0 unspecified atom stereocenters. The van der Waals surface area contributed by atoms with Crippen LogP contribution in [0, 0.1) is 0 Å². The molecule has 0 aromatic carbocycles. The summed E-state index contributed by atoms with van der Waals surface area (Å²) in [6.45, 7) is 4.10. The average molecular weight is 289 g/mol. The van der Waals surface area contributed by atoms with E-state index in [1.165, 1.54) is 11.3 Å². The second kappa shape index (κ2) is 4.75. The van der Waals surface area contributed by atoms with E-state index in [1.807, 2.05) is 18.6 Å². The topological polar surface area (TPSA) is 64.2 Å². The van der Waals surface area contributed by atoms with Gasteiger partial charge in [-0.1, -0.05) is 13.8 Å². The first kappa shape index (κ1) is 12.9. The Balaban J connectivity index is 1.92. The van der Waals surface area contributed by atoms with Gasteiger partial charge in [0.05, 0.1) is 17.6 Å². The van der Waals surface area contributed by atoms with Crippen LogP contribution >= 0.6 is 11.3 Å². The number of nitrogens with zero attached hydrogens (tertiary/aromatic N) is 4. The summed E-state index contributed by atoms with van der Waals surface area (Å²) in [5.74, 6) is 0.103. The standard InChI is InChI=1S/C13H15N5OS/c1-8(2)12-9(5-17(3)16-12)15-13(19)10-6-20-11-4-14-7-18(10)11/h4-8H,1-3H3,(H,15,19). The third-order valence-corrected chi connectivity index (χ3v) is 3.93. The van der Waals surface area contributed by atoms with Gasteiger partial charge in [0.1, 0.15) is 16.9 Å². The van der Waals surface area contributed by atoms with Crippen molar-refractivity contribution in [1.82, 2.24) is 19.2 Å². The molecule has 7 heteroatoms. The number of hydrogen-bond donors (Lipinski definition) is 1. The maximum absolute atomic E-state index is 12.4. The summed E-state index contributed by atoms with van der Waals surface area (Å²) in [6.07, 6.45) is 5.21. The fourth-order valence-corrected chi connectivity index (χ4v) is 2.94. The number of nitrogens with one attached hydrogen (secondary N) is 1. The number of anilines is 1. The highest BCUT2D eigenvalue weighted by Gasteiger charge is 2.17. The Morgan fingerprint density at radius 2 is 2.25 bits per heavy atom. The molecule has 0 saturated carbocycles. The summed E-state index contributed by atoms with van der Waals surface area (Å²) in [6, 6.07) is 0. The molecule has 0 aliphatic rings. The van der Waals surface area contributed by atoms with Crippen molar-refractivity contribution in [2.24, 2.45) is 7.05 Å². The number of aromatic nitrogens is 4. The van der Waals surface area contributed by atoms with E-state index in [0.29, 0.717) is 5.69 Å². The summed E-state index contributed by atoms with van der Waals surface area (Å²) in [5, 5.41) is 9.15. The fraction of sp³-hybridized carbons (Fsp3) is 0.308. The zero-order valence-electron chi connectivity index (χ0n) is 11.5. The van der Waals surface area contributed by atoms with Gasteiger partial charge in [-0.2, -0.15) is 5.10 Å². The maximum Gasteiger partial charge on any atom is 0.273 e. The minimum absolute atomic E-state index is 0.149. The van der Waals surface area contributed by atoms with Gasteiger partial charge in [0.2, 0.25) is 0 Å². The maximum atomic E-state index is 12.4. The van der Waals surface area contributed by atoms with Gasteiger partial charge in [-0.25, -0.2) is 4.98 Å². The van der Waals surface area contributed by atoms with Gasteiger partial charge in [0, 0.05) is 18.6 Å². The van der Waals surface area contributed by atoms with Crippen molar-refractivity contribution in [2.45, 2.75) is 19.8 Å². The molecule has 6 nitrogen and oxygen atoms in total. The van der Waals surface area contributed by atoms with Crippen molar-refractivity contribution >= 4 is 27.8 Å². The van der Waals surface area contributed by atoms with Crippen molar-refractivity contribution in [3.8, 4) is 0 Å². The molecule has 3 heterocycles. The van der Waals surface area contributed by atoms with Crippen LogP contribution in [-0.2, 0) is 7.05 Å². The lowest BCUT2D eigenvalue weighted by molar-refractivity contribution is 0.102. The zero-order valence-corrected chi connectivity index (χ0v) is 12.3. The largest absolute Gasteiger partial charge is 0.318 e. The van der Waals surface area contributed by atoms with E-state index in [0.717, 1.165) is 16.2 Å². The molecule has 0 saturated heterocycles. The SMILES string of the molecule is CC(C)c1nn(C)cc1NC(=O)c1csc2cncn12. The van der Waals surface area contributed by atoms with Gasteiger partial charge < -0.3 is 5.32 Å². The van der Waals surface area contributed by atoms with Crippen molar-refractivity contribution in [3.63, 3.8) is 0 Å².